The van der Waals surface area contributed by atoms with E-state index >= 15 is 0 Å². The summed E-state index contributed by atoms with van der Waals surface area (Å²) < 4.78 is 2.02. The maximum atomic E-state index is 4.20. The van der Waals surface area contributed by atoms with E-state index in [-0.39, 0.29) is 5.25 Å². The second-order valence-electron chi connectivity index (χ2n) is 2.65. The molecule has 11 heavy (non-hydrogen) atoms. The van der Waals surface area contributed by atoms with Crippen LogP contribution in [-0.2, 0) is 13.5 Å². The third-order valence-corrected chi connectivity index (χ3v) is 1.88. The molecule has 2 nitrogen and oxygen atoms in total. The summed E-state index contributed by atoms with van der Waals surface area (Å²) in [5, 5.41) is 0.215. The maximum Gasteiger partial charge on any atom is 0.108 e. The zero-order valence-corrected chi connectivity index (χ0v) is 7.59. The Bertz CT molecular complexity index is 218. The van der Waals surface area contributed by atoms with Crippen molar-refractivity contribution in [3.05, 3.63) is 25.1 Å². The Morgan fingerprint density at radius 1 is 1.82 bits per heavy atom. The first-order valence-electron chi connectivity index (χ1n) is 3.67. The van der Waals surface area contributed by atoms with Crippen molar-refractivity contribution >= 4 is 12.6 Å². The molecule has 0 saturated heterocycles. The van der Waals surface area contributed by atoms with Crippen LogP contribution in [0.1, 0.15) is 12.2 Å². The molecule has 1 atom stereocenters. The normalized spacial score (nSPS) is 13.4. The fourth-order valence-electron chi connectivity index (χ4n) is 0.933. The number of rotatable bonds is 3. The molecule has 0 fully saturated rings. The van der Waals surface area contributed by atoms with Gasteiger partial charge >= 0.3 is 0 Å². The summed E-state index contributed by atoms with van der Waals surface area (Å²) in [5.41, 5.74) is 0. The molecule has 1 radical (unpaired) electrons. The highest BCUT2D eigenvalue weighted by atomic mass is 32.1. The van der Waals surface area contributed by atoms with E-state index in [1.54, 1.807) is 0 Å². The first kappa shape index (κ1) is 8.65. The van der Waals surface area contributed by atoms with Gasteiger partial charge in [0.05, 0.1) is 0 Å². The summed E-state index contributed by atoms with van der Waals surface area (Å²) in [6.45, 7) is 3.79. The van der Waals surface area contributed by atoms with Crippen LogP contribution in [0.4, 0.5) is 0 Å². The molecule has 1 rings (SSSR count). The molecule has 61 valence electrons. The lowest BCUT2D eigenvalue weighted by Gasteiger charge is -2.03. The summed E-state index contributed by atoms with van der Waals surface area (Å²) in [6.07, 6.45) is 5.70. The van der Waals surface area contributed by atoms with Crippen LogP contribution in [0.15, 0.2) is 12.4 Å². The Balaban J connectivity index is 2.44. The fourth-order valence-corrected chi connectivity index (χ4v) is 1.06. The highest BCUT2D eigenvalue weighted by molar-refractivity contribution is 7.81. The second kappa shape index (κ2) is 3.81. The van der Waals surface area contributed by atoms with E-state index in [1.165, 1.54) is 0 Å². The zero-order valence-electron chi connectivity index (χ0n) is 6.70. The van der Waals surface area contributed by atoms with Gasteiger partial charge in [-0.25, -0.2) is 4.98 Å². The zero-order chi connectivity index (χ0) is 8.27. The standard InChI is InChI=1S/C8H13N2S/c1-7(11)3-4-8-9-5-6-10(8)2/h5-7,11H,1,3-4H2,2H3. The quantitative estimate of drug-likeness (QED) is 0.679. The largest absolute Gasteiger partial charge is 0.338 e. The van der Waals surface area contributed by atoms with Gasteiger partial charge in [-0.15, -0.1) is 0 Å². The third kappa shape index (κ3) is 2.58. The lowest BCUT2D eigenvalue weighted by atomic mass is 10.2. The van der Waals surface area contributed by atoms with Crippen LogP contribution in [0.5, 0.6) is 0 Å². The molecule has 0 aliphatic rings. The van der Waals surface area contributed by atoms with Crippen molar-refractivity contribution in [2.24, 2.45) is 7.05 Å². The van der Waals surface area contributed by atoms with Crippen LogP contribution in [0.3, 0.4) is 0 Å². The first-order chi connectivity index (χ1) is 5.20. The molecule has 0 N–H and O–H groups in total. The van der Waals surface area contributed by atoms with Crippen LogP contribution >= 0.6 is 12.6 Å². The molecule has 3 heteroatoms. The molecule has 0 aliphatic heterocycles. The Morgan fingerprint density at radius 3 is 3.00 bits per heavy atom. The number of aryl methyl sites for hydroxylation is 2. The predicted molar refractivity (Wildman–Crippen MR) is 49.7 cm³/mol. The van der Waals surface area contributed by atoms with Gasteiger partial charge in [0.15, 0.2) is 0 Å². The smallest absolute Gasteiger partial charge is 0.108 e. The third-order valence-electron chi connectivity index (χ3n) is 1.62. The first-order valence-corrected chi connectivity index (χ1v) is 4.19. The Labute approximate surface area is 73.0 Å². The molecule has 0 aliphatic carbocycles. The lowest BCUT2D eigenvalue weighted by Crippen LogP contribution is -2.01. The highest BCUT2D eigenvalue weighted by Crippen LogP contribution is 2.05. The van der Waals surface area contributed by atoms with Crippen molar-refractivity contribution < 1.29 is 0 Å². The number of hydrogen-bond acceptors (Lipinski definition) is 2. The van der Waals surface area contributed by atoms with Crippen LogP contribution < -0.4 is 0 Å². The lowest BCUT2D eigenvalue weighted by molar-refractivity contribution is 0.739. The molecule has 1 aromatic heterocycles. The molecular weight excluding hydrogens is 156 g/mol. The van der Waals surface area contributed by atoms with Crippen molar-refractivity contribution in [3.63, 3.8) is 0 Å². The average Bonchev–Trinajstić information content (AvgIpc) is 2.31. The number of aromatic nitrogens is 2. The van der Waals surface area contributed by atoms with E-state index in [0.29, 0.717) is 0 Å². The summed E-state index contributed by atoms with van der Waals surface area (Å²) >= 11 is 4.20. The van der Waals surface area contributed by atoms with Gasteiger partial charge in [0.25, 0.3) is 0 Å². The van der Waals surface area contributed by atoms with Gasteiger partial charge in [0, 0.05) is 31.1 Å². The van der Waals surface area contributed by atoms with E-state index in [2.05, 4.69) is 24.5 Å². The Kier molecular flexibility index (Phi) is 3.00. The highest BCUT2D eigenvalue weighted by Gasteiger charge is 2.00. The summed E-state index contributed by atoms with van der Waals surface area (Å²) in [4.78, 5) is 4.19. The average molecular weight is 169 g/mol. The minimum Gasteiger partial charge on any atom is -0.338 e. The topological polar surface area (TPSA) is 17.8 Å². The molecule has 1 aromatic rings. The van der Waals surface area contributed by atoms with E-state index in [4.69, 9.17) is 0 Å². The van der Waals surface area contributed by atoms with Gasteiger partial charge in [-0.1, -0.05) is 0 Å². The molecular formula is C8H13N2S. The molecule has 1 heterocycles. The van der Waals surface area contributed by atoms with Gasteiger partial charge in [-0.3, -0.25) is 0 Å². The van der Waals surface area contributed by atoms with Crippen LogP contribution in [0.2, 0.25) is 0 Å². The van der Waals surface area contributed by atoms with E-state index < -0.39 is 0 Å². The van der Waals surface area contributed by atoms with E-state index in [9.17, 15) is 0 Å². The number of hydrogen-bond donors (Lipinski definition) is 1. The van der Waals surface area contributed by atoms with Crippen molar-refractivity contribution in [1.29, 1.82) is 0 Å². The molecule has 0 aromatic carbocycles. The second-order valence-corrected chi connectivity index (χ2v) is 3.38. The van der Waals surface area contributed by atoms with Crippen LogP contribution in [0, 0.1) is 6.92 Å². The number of imidazole rings is 1. The Morgan fingerprint density at radius 2 is 2.55 bits per heavy atom. The Hall–Kier alpha value is -0.440. The minimum absolute atomic E-state index is 0.215. The molecule has 0 saturated carbocycles. The fraction of sp³-hybridized carbons (Fsp3) is 0.500. The van der Waals surface area contributed by atoms with Crippen molar-refractivity contribution in [3.8, 4) is 0 Å². The van der Waals surface area contributed by atoms with Gasteiger partial charge < -0.3 is 4.57 Å². The molecule has 0 bridgehead atoms. The maximum absolute atomic E-state index is 4.20. The van der Waals surface area contributed by atoms with Crippen molar-refractivity contribution in [1.82, 2.24) is 9.55 Å². The van der Waals surface area contributed by atoms with Crippen LogP contribution in [0.25, 0.3) is 0 Å². The minimum atomic E-state index is 0.215. The van der Waals surface area contributed by atoms with Crippen molar-refractivity contribution in [2.75, 3.05) is 0 Å². The van der Waals surface area contributed by atoms with Gasteiger partial charge in [0.2, 0.25) is 0 Å². The number of nitrogens with zero attached hydrogens (tertiary/aromatic N) is 2. The summed E-state index contributed by atoms with van der Waals surface area (Å²) in [5.74, 6) is 1.10. The number of thiol groups is 1. The van der Waals surface area contributed by atoms with E-state index in [1.807, 2.05) is 24.0 Å². The van der Waals surface area contributed by atoms with Crippen LogP contribution in [-0.4, -0.2) is 14.8 Å². The van der Waals surface area contributed by atoms with Gasteiger partial charge in [-0.05, 0) is 13.3 Å². The molecule has 1 unspecified atom stereocenters. The predicted octanol–water partition coefficient (Wildman–Crippen LogP) is 1.49. The van der Waals surface area contributed by atoms with Crippen molar-refractivity contribution in [2.45, 2.75) is 18.1 Å². The monoisotopic (exact) mass is 169 g/mol. The van der Waals surface area contributed by atoms with Gasteiger partial charge in [0.1, 0.15) is 5.82 Å². The summed E-state index contributed by atoms with van der Waals surface area (Å²) in [6, 6.07) is 0. The molecule has 0 spiro atoms. The SMILES string of the molecule is [CH2]C(S)CCc1nccn1C. The van der Waals surface area contributed by atoms with E-state index in [0.717, 1.165) is 18.7 Å². The van der Waals surface area contributed by atoms with Gasteiger partial charge in [-0.2, -0.15) is 12.6 Å². The molecule has 0 amide bonds. The summed E-state index contributed by atoms with van der Waals surface area (Å²) in [7, 11) is 2.00.